The van der Waals surface area contributed by atoms with Crippen LogP contribution in [0.15, 0.2) is 22.7 Å². The van der Waals surface area contributed by atoms with E-state index in [1.807, 2.05) is 0 Å². The first-order chi connectivity index (χ1) is 7.08. The molecule has 1 aliphatic heterocycles. The number of benzene rings is 1. The van der Waals surface area contributed by atoms with Crippen LogP contribution in [-0.4, -0.2) is 12.2 Å². The van der Waals surface area contributed by atoms with Gasteiger partial charge in [0.1, 0.15) is 0 Å². The molecule has 0 aromatic heterocycles. The molecular formula is C13H17BrO. The summed E-state index contributed by atoms with van der Waals surface area (Å²) in [5.41, 5.74) is 2.72. The van der Waals surface area contributed by atoms with Crippen molar-refractivity contribution in [2.45, 2.75) is 39.4 Å². The third-order valence-electron chi connectivity index (χ3n) is 3.10. The average Bonchev–Trinajstić information content (AvgIpc) is 2.89. The molecule has 1 aliphatic rings. The summed E-state index contributed by atoms with van der Waals surface area (Å²) in [6, 6.07) is 6.59. The Kier molecular flexibility index (Phi) is 3.17. The smallest absolute Gasteiger partial charge is 0.0867 e. The van der Waals surface area contributed by atoms with Gasteiger partial charge in [0.25, 0.3) is 0 Å². The van der Waals surface area contributed by atoms with E-state index in [1.165, 1.54) is 15.6 Å². The first-order valence-electron chi connectivity index (χ1n) is 5.48. The van der Waals surface area contributed by atoms with Gasteiger partial charge in [0, 0.05) is 4.47 Å². The molecule has 2 heteroatoms. The summed E-state index contributed by atoms with van der Waals surface area (Å²) in [4.78, 5) is 0. The van der Waals surface area contributed by atoms with Gasteiger partial charge in [-0.1, -0.05) is 35.0 Å². The van der Waals surface area contributed by atoms with Crippen molar-refractivity contribution in [3.05, 3.63) is 33.8 Å². The maximum atomic E-state index is 5.50. The summed E-state index contributed by atoms with van der Waals surface area (Å²) < 4.78 is 6.69. The van der Waals surface area contributed by atoms with Gasteiger partial charge in [0.05, 0.1) is 12.2 Å². The minimum absolute atomic E-state index is 0.469. The summed E-state index contributed by atoms with van der Waals surface area (Å²) in [6.07, 6.45) is 2.06. The third kappa shape index (κ3) is 2.61. The van der Waals surface area contributed by atoms with Crippen molar-refractivity contribution in [3.8, 4) is 0 Å². The first-order valence-corrected chi connectivity index (χ1v) is 6.27. The van der Waals surface area contributed by atoms with Gasteiger partial charge in [-0.2, -0.15) is 0 Å². The van der Waals surface area contributed by atoms with E-state index in [-0.39, 0.29) is 0 Å². The summed E-state index contributed by atoms with van der Waals surface area (Å²) in [7, 11) is 0. The molecule has 82 valence electrons. The predicted molar refractivity (Wildman–Crippen MR) is 66.1 cm³/mol. The lowest BCUT2D eigenvalue weighted by Gasteiger charge is -2.09. The van der Waals surface area contributed by atoms with Crippen molar-refractivity contribution < 1.29 is 4.74 Å². The van der Waals surface area contributed by atoms with E-state index in [0.717, 1.165) is 6.42 Å². The van der Waals surface area contributed by atoms with E-state index in [4.69, 9.17) is 4.74 Å². The molecule has 0 spiro atoms. The Balaban J connectivity index is 2.01. The van der Waals surface area contributed by atoms with E-state index in [2.05, 4.69) is 54.9 Å². The lowest BCUT2D eigenvalue weighted by Crippen LogP contribution is -2.09. The Morgan fingerprint density at radius 3 is 2.67 bits per heavy atom. The first kappa shape index (κ1) is 11.2. The van der Waals surface area contributed by atoms with Crippen LogP contribution in [-0.2, 0) is 11.2 Å². The van der Waals surface area contributed by atoms with Crippen LogP contribution in [0.3, 0.4) is 0 Å². The average molecular weight is 269 g/mol. The number of hydrogen-bond donors (Lipinski definition) is 0. The minimum Gasteiger partial charge on any atom is -0.370 e. The summed E-state index contributed by atoms with van der Waals surface area (Å²) >= 11 is 3.52. The third-order valence-corrected chi connectivity index (χ3v) is 3.99. The molecule has 0 N–H and O–H groups in total. The topological polar surface area (TPSA) is 12.5 Å². The van der Waals surface area contributed by atoms with Gasteiger partial charge in [0.2, 0.25) is 0 Å². The largest absolute Gasteiger partial charge is 0.370 e. The Morgan fingerprint density at radius 2 is 2.13 bits per heavy atom. The molecular weight excluding hydrogens is 252 g/mol. The molecule has 0 saturated carbocycles. The molecule has 1 saturated heterocycles. The lowest BCUT2D eigenvalue weighted by molar-refractivity contribution is 0.328. The van der Waals surface area contributed by atoms with E-state index < -0.39 is 0 Å². The number of epoxide rings is 1. The van der Waals surface area contributed by atoms with Crippen molar-refractivity contribution in [1.82, 2.24) is 0 Å². The standard InChI is InChI=1S/C13H17BrO/c1-8-6-11(4-5-12(8)14)7-9(2)13-10(3)15-13/h4-6,9-10,13H,7H2,1-3H3. The highest BCUT2D eigenvalue weighted by Gasteiger charge is 2.38. The molecule has 1 heterocycles. The minimum atomic E-state index is 0.469. The Hall–Kier alpha value is -0.340. The van der Waals surface area contributed by atoms with E-state index in [0.29, 0.717) is 18.1 Å². The highest BCUT2D eigenvalue weighted by molar-refractivity contribution is 9.10. The fraction of sp³-hybridized carbons (Fsp3) is 0.538. The highest BCUT2D eigenvalue weighted by atomic mass is 79.9. The van der Waals surface area contributed by atoms with Crippen LogP contribution in [0.5, 0.6) is 0 Å². The summed E-state index contributed by atoms with van der Waals surface area (Å²) in [6.45, 7) is 6.55. The fourth-order valence-electron chi connectivity index (χ4n) is 2.12. The fourth-order valence-corrected chi connectivity index (χ4v) is 2.37. The quantitative estimate of drug-likeness (QED) is 0.762. The highest BCUT2D eigenvalue weighted by Crippen LogP contribution is 2.31. The molecule has 3 unspecified atom stereocenters. The zero-order valence-corrected chi connectivity index (χ0v) is 11.0. The zero-order valence-electron chi connectivity index (χ0n) is 9.46. The van der Waals surface area contributed by atoms with E-state index >= 15 is 0 Å². The number of halogens is 1. The van der Waals surface area contributed by atoms with Gasteiger partial charge in [-0.25, -0.2) is 0 Å². The summed E-state index contributed by atoms with van der Waals surface area (Å²) in [5, 5.41) is 0. The van der Waals surface area contributed by atoms with Crippen LogP contribution in [0, 0.1) is 12.8 Å². The SMILES string of the molecule is Cc1cc(CC(C)C2OC2C)ccc1Br. The van der Waals surface area contributed by atoms with Gasteiger partial charge in [-0.15, -0.1) is 0 Å². The van der Waals surface area contributed by atoms with Gasteiger partial charge < -0.3 is 4.74 Å². The number of aryl methyl sites for hydroxylation is 1. The van der Waals surface area contributed by atoms with Gasteiger partial charge >= 0.3 is 0 Å². The van der Waals surface area contributed by atoms with Crippen LogP contribution < -0.4 is 0 Å². The van der Waals surface area contributed by atoms with Crippen molar-refractivity contribution in [3.63, 3.8) is 0 Å². The molecule has 0 amide bonds. The van der Waals surface area contributed by atoms with Crippen LogP contribution in [0.4, 0.5) is 0 Å². The normalized spacial score (nSPS) is 26.4. The van der Waals surface area contributed by atoms with E-state index in [1.54, 1.807) is 0 Å². The second-order valence-electron chi connectivity index (χ2n) is 4.57. The van der Waals surface area contributed by atoms with Crippen LogP contribution >= 0.6 is 15.9 Å². The van der Waals surface area contributed by atoms with Gasteiger partial charge in [-0.3, -0.25) is 0 Å². The lowest BCUT2D eigenvalue weighted by atomic mass is 9.96. The Labute approximate surface area is 100.0 Å². The molecule has 1 fully saturated rings. The molecule has 1 aromatic carbocycles. The molecule has 2 rings (SSSR count). The molecule has 15 heavy (non-hydrogen) atoms. The molecule has 1 aromatic rings. The molecule has 0 aliphatic carbocycles. The Bertz CT molecular complexity index is 362. The van der Waals surface area contributed by atoms with Crippen molar-refractivity contribution in [1.29, 1.82) is 0 Å². The maximum absolute atomic E-state index is 5.50. The second-order valence-corrected chi connectivity index (χ2v) is 5.43. The van der Waals surface area contributed by atoms with E-state index in [9.17, 15) is 0 Å². The second kappa shape index (κ2) is 4.26. The van der Waals surface area contributed by atoms with Crippen LogP contribution in [0.1, 0.15) is 25.0 Å². The predicted octanol–water partition coefficient (Wildman–Crippen LogP) is 3.72. The molecule has 1 nitrogen and oxygen atoms in total. The number of ether oxygens (including phenoxy) is 1. The summed E-state index contributed by atoms with van der Waals surface area (Å²) in [5.74, 6) is 0.626. The van der Waals surface area contributed by atoms with Crippen molar-refractivity contribution in [2.75, 3.05) is 0 Å². The van der Waals surface area contributed by atoms with Crippen LogP contribution in [0.25, 0.3) is 0 Å². The molecule has 3 atom stereocenters. The van der Waals surface area contributed by atoms with Crippen molar-refractivity contribution in [2.24, 2.45) is 5.92 Å². The maximum Gasteiger partial charge on any atom is 0.0867 e. The number of rotatable bonds is 3. The van der Waals surface area contributed by atoms with Gasteiger partial charge in [0.15, 0.2) is 0 Å². The number of hydrogen-bond acceptors (Lipinski definition) is 1. The Morgan fingerprint density at radius 1 is 1.47 bits per heavy atom. The zero-order chi connectivity index (χ0) is 11.0. The van der Waals surface area contributed by atoms with Gasteiger partial charge in [-0.05, 0) is 43.4 Å². The molecule has 0 bridgehead atoms. The monoisotopic (exact) mass is 268 g/mol. The van der Waals surface area contributed by atoms with Crippen LogP contribution in [0.2, 0.25) is 0 Å². The molecule has 0 radical (unpaired) electrons. The van der Waals surface area contributed by atoms with Crippen molar-refractivity contribution >= 4 is 15.9 Å².